The van der Waals surface area contributed by atoms with E-state index in [9.17, 15) is 9.59 Å². The van der Waals surface area contributed by atoms with E-state index in [2.05, 4.69) is 25.2 Å². The number of benzene rings is 2. The average Bonchev–Trinajstić information content (AvgIpc) is 2.71. The fourth-order valence-corrected chi connectivity index (χ4v) is 4.56. The van der Waals surface area contributed by atoms with Gasteiger partial charge in [-0.15, -0.1) is 0 Å². The highest BCUT2D eigenvalue weighted by Crippen LogP contribution is 2.46. The molecule has 1 aliphatic carbocycles. The fraction of sp³-hybridized carbons (Fsp3) is 0.308. The molecule has 1 heterocycles. The van der Waals surface area contributed by atoms with Crippen molar-refractivity contribution in [2.75, 3.05) is 0 Å². The van der Waals surface area contributed by atoms with Gasteiger partial charge in [0.05, 0.1) is 11.5 Å². The summed E-state index contributed by atoms with van der Waals surface area (Å²) in [5.41, 5.74) is 3.85. The van der Waals surface area contributed by atoms with Crippen LogP contribution in [0.5, 0.6) is 0 Å². The van der Waals surface area contributed by atoms with E-state index in [-0.39, 0.29) is 29.7 Å². The second kappa shape index (κ2) is 7.94. The SMILES string of the molecule is CC1=C(C(=O)OCc2ccccc2)C(c2ccccc2)C2C(=O)CC(C)(C)C=C2N1. The van der Waals surface area contributed by atoms with Crippen LogP contribution < -0.4 is 5.32 Å². The number of fused-ring (bicyclic) bond motifs is 1. The largest absolute Gasteiger partial charge is 0.457 e. The first kappa shape index (κ1) is 20.1. The Kier molecular flexibility index (Phi) is 5.33. The van der Waals surface area contributed by atoms with Gasteiger partial charge in [0.25, 0.3) is 0 Å². The first-order valence-electron chi connectivity index (χ1n) is 10.3. The lowest BCUT2D eigenvalue weighted by Crippen LogP contribution is -2.43. The third-order valence-electron chi connectivity index (χ3n) is 5.83. The van der Waals surface area contributed by atoms with Crippen molar-refractivity contribution < 1.29 is 14.3 Å². The number of hydrogen-bond donors (Lipinski definition) is 1. The molecule has 2 aliphatic rings. The molecule has 0 saturated heterocycles. The number of hydrogen-bond acceptors (Lipinski definition) is 4. The lowest BCUT2D eigenvalue weighted by molar-refractivity contribution is -0.141. The Balaban J connectivity index is 1.73. The molecule has 0 fully saturated rings. The van der Waals surface area contributed by atoms with Gasteiger partial charge in [-0.2, -0.15) is 0 Å². The van der Waals surface area contributed by atoms with E-state index in [1.54, 1.807) is 0 Å². The molecule has 0 radical (unpaired) electrons. The van der Waals surface area contributed by atoms with Crippen molar-refractivity contribution in [3.05, 3.63) is 94.8 Å². The van der Waals surface area contributed by atoms with Gasteiger partial charge >= 0.3 is 5.97 Å². The summed E-state index contributed by atoms with van der Waals surface area (Å²) in [4.78, 5) is 26.4. The molecule has 1 N–H and O–H groups in total. The first-order valence-corrected chi connectivity index (χ1v) is 10.3. The maximum absolute atomic E-state index is 13.2. The Morgan fingerprint density at radius 1 is 1.03 bits per heavy atom. The van der Waals surface area contributed by atoms with Gasteiger partial charge in [0.15, 0.2) is 0 Å². The molecule has 0 amide bonds. The summed E-state index contributed by atoms with van der Waals surface area (Å²) in [5.74, 6) is -0.983. The smallest absolute Gasteiger partial charge is 0.336 e. The van der Waals surface area contributed by atoms with Crippen molar-refractivity contribution >= 4 is 11.8 Å². The summed E-state index contributed by atoms with van der Waals surface area (Å²) in [6, 6.07) is 19.4. The number of ketones is 1. The van der Waals surface area contributed by atoms with Crippen molar-refractivity contribution in [1.29, 1.82) is 0 Å². The zero-order chi connectivity index (χ0) is 21.3. The number of ether oxygens (including phenoxy) is 1. The molecular weight excluding hydrogens is 374 g/mol. The Morgan fingerprint density at radius 2 is 1.67 bits per heavy atom. The molecule has 0 bridgehead atoms. The van der Waals surface area contributed by atoms with E-state index in [1.165, 1.54) is 0 Å². The highest BCUT2D eigenvalue weighted by molar-refractivity contribution is 5.96. The Bertz CT molecular complexity index is 1020. The Hall–Kier alpha value is -3.14. The number of carbonyl (C=O) groups excluding carboxylic acids is 2. The van der Waals surface area contributed by atoms with Crippen LogP contribution in [0, 0.1) is 11.3 Å². The van der Waals surface area contributed by atoms with Crippen LogP contribution in [0.25, 0.3) is 0 Å². The number of Topliss-reactive ketones (excluding diaryl/α,β-unsaturated/α-hetero) is 1. The maximum atomic E-state index is 13.2. The van der Waals surface area contributed by atoms with Crippen LogP contribution in [-0.4, -0.2) is 11.8 Å². The molecule has 4 nitrogen and oxygen atoms in total. The lowest BCUT2D eigenvalue weighted by Gasteiger charge is -2.41. The van der Waals surface area contributed by atoms with Crippen LogP contribution in [0.2, 0.25) is 0 Å². The van der Waals surface area contributed by atoms with Gasteiger partial charge < -0.3 is 10.1 Å². The van der Waals surface area contributed by atoms with Crippen molar-refractivity contribution in [3.63, 3.8) is 0 Å². The van der Waals surface area contributed by atoms with Gasteiger partial charge in [-0.05, 0) is 23.5 Å². The minimum absolute atomic E-state index is 0.153. The number of carbonyl (C=O) groups is 2. The van der Waals surface area contributed by atoms with Crippen molar-refractivity contribution in [2.24, 2.45) is 11.3 Å². The van der Waals surface area contributed by atoms with Gasteiger partial charge in [0, 0.05) is 23.7 Å². The topological polar surface area (TPSA) is 55.4 Å². The van der Waals surface area contributed by atoms with Crippen molar-refractivity contribution in [3.8, 4) is 0 Å². The molecule has 0 spiro atoms. The molecule has 1 aliphatic heterocycles. The van der Waals surface area contributed by atoms with Crippen LogP contribution in [-0.2, 0) is 20.9 Å². The van der Waals surface area contributed by atoms with E-state index in [0.717, 1.165) is 22.5 Å². The maximum Gasteiger partial charge on any atom is 0.336 e. The summed E-state index contributed by atoms with van der Waals surface area (Å²) in [7, 11) is 0. The average molecular weight is 402 g/mol. The third kappa shape index (κ3) is 3.95. The predicted octanol–water partition coefficient (Wildman–Crippen LogP) is 4.89. The third-order valence-corrected chi connectivity index (χ3v) is 5.83. The normalized spacial score (nSPS) is 22.6. The van der Waals surface area contributed by atoms with Gasteiger partial charge in [-0.1, -0.05) is 80.6 Å². The Morgan fingerprint density at radius 3 is 2.33 bits per heavy atom. The minimum Gasteiger partial charge on any atom is -0.457 e. The van der Waals surface area contributed by atoms with Gasteiger partial charge in [-0.3, -0.25) is 4.79 Å². The van der Waals surface area contributed by atoms with Crippen molar-refractivity contribution in [2.45, 2.75) is 39.7 Å². The van der Waals surface area contributed by atoms with Crippen LogP contribution >= 0.6 is 0 Å². The van der Waals surface area contributed by atoms with E-state index >= 15 is 0 Å². The molecule has 2 aromatic carbocycles. The Labute approximate surface area is 177 Å². The first-order chi connectivity index (χ1) is 14.4. The highest BCUT2D eigenvalue weighted by atomic mass is 16.5. The fourth-order valence-electron chi connectivity index (χ4n) is 4.56. The van der Waals surface area contributed by atoms with E-state index in [4.69, 9.17) is 4.74 Å². The molecule has 2 atom stereocenters. The number of rotatable bonds is 4. The highest BCUT2D eigenvalue weighted by Gasteiger charge is 2.46. The predicted molar refractivity (Wildman–Crippen MR) is 116 cm³/mol. The number of nitrogens with one attached hydrogen (secondary N) is 1. The van der Waals surface area contributed by atoms with Crippen LogP contribution in [0.4, 0.5) is 0 Å². The second-order valence-electron chi connectivity index (χ2n) is 8.82. The van der Waals surface area contributed by atoms with Gasteiger partial charge in [0.2, 0.25) is 0 Å². The second-order valence-corrected chi connectivity index (χ2v) is 8.82. The number of allylic oxidation sites excluding steroid dienone is 3. The van der Waals surface area contributed by atoms with Crippen LogP contribution in [0.15, 0.2) is 83.7 Å². The molecule has 4 rings (SSSR count). The number of esters is 1. The van der Waals surface area contributed by atoms with Gasteiger partial charge in [0.1, 0.15) is 12.4 Å². The minimum atomic E-state index is -0.400. The van der Waals surface area contributed by atoms with E-state index in [0.29, 0.717) is 12.0 Å². The molecule has 0 aromatic heterocycles. The quantitative estimate of drug-likeness (QED) is 0.741. The molecule has 0 saturated carbocycles. The summed E-state index contributed by atoms with van der Waals surface area (Å²) in [5, 5.41) is 3.35. The van der Waals surface area contributed by atoms with Crippen molar-refractivity contribution in [1.82, 2.24) is 5.32 Å². The van der Waals surface area contributed by atoms with Crippen LogP contribution in [0.1, 0.15) is 44.2 Å². The molecule has 154 valence electrons. The molecule has 2 aromatic rings. The van der Waals surface area contributed by atoms with E-state index < -0.39 is 5.92 Å². The summed E-state index contributed by atoms with van der Waals surface area (Å²) in [6.45, 7) is 6.22. The summed E-state index contributed by atoms with van der Waals surface area (Å²) in [6.07, 6.45) is 2.60. The lowest BCUT2D eigenvalue weighted by atomic mass is 9.66. The zero-order valence-electron chi connectivity index (χ0n) is 17.6. The molecule has 2 unspecified atom stereocenters. The molecule has 30 heavy (non-hydrogen) atoms. The zero-order valence-corrected chi connectivity index (χ0v) is 17.6. The van der Waals surface area contributed by atoms with Crippen LogP contribution in [0.3, 0.4) is 0 Å². The standard InChI is InChI=1S/C26H27NO3/c1-17-22(25(29)30-16-18-10-6-4-7-11-18)23(19-12-8-5-9-13-19)24-20(27-17)14-26(2,3)15-21(24)28/h4-14,23-24,27H,15-16H2,1-3H3. The monoisotopic (exact) mass is 401 g/mol. The van der Waals surface area contributed by atoms with E-state index in [1.807, 2.05) is 67.6 Å². The molecule has 4 heteroatoms. The summed E-state index contributed by atoms with van der Waals surface area (Å²) >= 11 is 0. The summed E-state index contributed by atoms with van der Waals surface area (Å²) < 4.78 is 5.68. The molecular formula is C26H27NO3. The van der Waals surface area contributed by atoms with Gasteiger partial charge in [-0.25, -0.2) is 4.79 Å².